The summed E-state index contributed by atoms with van der Waals surface area (Å²) in [7, 11) is 0. The second kappa shape index (κ2) is 3.42. The van der Waals surface area contributed by atoms with E-state index in [9.17, 15) is 4.79 Å². The van der Waals surface area contributed by atoms with Crippen molar-refractivity contribution < 1.29 is 4.79 Å². The lowest BCUT2D eigenvalue weighted by molar-refractivity contribution is 0.0953. The molecule has 0 aromatic carbocycles. The van der Waals surface area contributed by atoms with Gasteiger partial charge in [-0.1, -0.05) is 6.92 Å². The molecule has 0 saturated heterocycles. The topological polar surface area (TPSA) is 29.1 Å². The molecule has 1 saturated carbocycles. The van der Waals surface area contributed by atoms with E-state index in [0.717, 1.165) is 15.8 Å². The van der Waals surface area contributed by atoms with Gasteiger partial charge in [-0.25, -0.2) is 0 Å². The van der Waals surface area contributed by atoms with Gasteiger partial charge in [-0.15, -0.1) is 11.3 Å². The van der Waals surface area contributed by atoms with E-state index in [4.69, 9.17) is 0 Å². The number of rotatable bonds is 2. The maximum absolute atomic E-state index is 11.5. The molecular weight excluding hydrogens is 250 g/mol. The first kappa shape index (κ1) is 9.21. The number of hydrogen-bond donors (Lipinski definition) is 1. The highest BCUT2D eigenvalue weighted by Gasteiger charge is 2.34. The predicted octanol–water partition coefficient (Wildman–Crippen LogP) is 2.65. The summed E-state index contributed by atoms with van der Waals surface area (Å²) in [5.41, 5.74) is 0. The molecule has 0 bridgehead atoms. The number of nitrogens with one attached hydrogen (secondary N) is 1. The molecule has 1 aromatic heterocycles. The van der Waals surface area contributed by atoms with Crippen LogP contribution in [0.3, 0.4) is 0 Å². The van der Waals surface area contributed by atoms with Gasteiger partial charge in [0.2, 0.25) is 0 Å². The molecule has 70 valence electrons. The fraction of sp³-hybridized carbons (Fsp3) is 0.444. The Labute approximate surface area is 89.5 Å². The highest BCUT2D eigenvalue weighted by Crippen LogP contribution is 2.30. The Morgan fingerprint density at radius 3 is 2.92 bits per heavy atom. The van der Waals surface area contributed by atoms with E-state index in [1.807, 2.05) is 11.4 Å². The molecule has 1 heterocycles. The normalized spacial score (nSPS) is 25.7. The van der Waals surface area contributed by atoms with E-state index in [1.165, 1.54) is 11.3 Å². The Hall–Kier alpha value is -0.350. The van der Waals surface area contributed by atoms with E-state index >= 15 is 0 Å². The molecule has 2 atom stereocenters. The molecule has 1 fully saturated rings. The molecule has 1 aliphatic carbocycles. The third-order valence-corrected chi connectivity index (χ3v) is 3.91. The molecule has 0 radical (unpaired) electrons. The smallest absolute Gasteiger partial charge is 0.261 e. The van der Waals surface area contributed by atoms with Gasteiger partial charge in [0.1, 0.15) is 0 Å². The van der Waals surface area contributed by atoms with Gasteiger partial charge in [0.05, 0.1) is 4.88 Å². The zero-order chi connectivity index (χ0) is 9.42. The highest BCUT2D eigenvalue weighted by molar-refractivity contribution is 9.10. The number of thiophene rings is 1. The molecule has 0 unspecified atom stereocenters. The maximum Gasteiger partial charge on any atom is 0.261 e. The van der Waals surface area contributed by atoms with Crippen molar-refractivity contribution in [2.75, 3.05) is 0 Å². The van der Waals surface area contributed by atoms with Crippen molar-refractivity contribution in [3.05, 3.63) is 20.8 Å². The molecule has 0 aliphatic heterocycles. The van der Waals surface area contributed by atoms with Crippen molar-refractivity contribution in [1.29, 1.82) is 0 Å². The molecule has 0 spiro atoms. The summed E-state index contributed by atoms with van der Waals surface area (Å²) in [5.74, 6) is 0.720. The SMILES string of the molecule is C[C@@H]1C[C@H]1NC(=O)c1cc(Br)cs1. The number of carbonyl (C=O) groups is 1. The minimum absolute atomic E-state index is 0.0602. The third-order valence-electron chi connectivity index (χ3n) is 2.22. The van der Waals surface area contributed by atoms with Crippen LogP contribution in [-0.2, 0) is 0 Å². The number of carbonyl (C=O) groups excluding carboxylic acids is 1. The maximum atomic E-state index is 11.5. The summed E-state index contributed by atoms with van der Waals surface area (Å²) < 4.78 is 0.978. The average molecular weight is 260 g/mol. The van der Waals surface area contributed by atoms with Gasteiger partial charge in [0.25, 0.3) is 5.91 Å². The van der Waals surface area contributed by atoms with Gasteiger partial charge in [0, 0.05) is 15.9 Å². The van der Waals surface area contributed by atoms with Crippen LogP contribution in [0.25, 0.3) is 0 Å². The van der Waals surface area contributed by atoms with Gasteiger partial charge in [-0.05, 0) is 34.3 Å². The largest absolute Gasteiger partial charge is 0.348 e. The van der Waals surface area contributed by atoms with Crippen LogP contribution in [0.4, 0.5) is 0 Å². The number of amides is 1. The standard InChI is InChI=1S/C9H10BrNOS/c1-5-2-7(5)11-9(12)8-3-6(10)4-13-8/h3-5,7H,2H2,1H3,(H,11,12)/t5-,7-/m1/s1. The second-order valence-electron chi connectivity index (χ2n) is 3.42. The molecule has 1 aliphatic rings. The first-order valence-electron chi connectivity index (χ1n) is 4.21. The Balaban J connectivity index is 1.97. The molecule has 4 heteroatoms. The van der Waals surface area contributed by atoms with Crippen LogP contribution in [0.2, 0.25) is 0 Å². The van der Waals surface area contributed by atoms with Gasteiger partial charge >= 0.3 is 0 Å². The van der Waals surface area contributed by atoms with Crippen molar-refractivity contribution in [1.82, 2.24) is 5.32 Å². The summed E-state index contributed by atoms with van der Waals surface area (Å²) in [6.07, 6.45) is 1.12. The quantitative estimate of drug-likeness (QED) is 0.870. The van der Waals surface area contributed by atoms with Crippen LogP contribution in [-0.4, -0.2) is 11.9 Å². The van der Waals surface area contributed by atoms with Crippen molar-refractivity contribution in [3.8, 4) is 0 Å². The Kier molecular flexibility index (Phi) is 2.43. The molecule has 1 N–H and O–H groups in total. The van der Waals surface area contributed by atoms with Gasteiger partial charge in [-0.3, -0.25) is 4.79 Å². The van der Waals surface area contributed by atoms with E-state index in [1.54, 1.807) is 0 Å². The van der Waals surface area contributed by atoms with Gasteiger partial charge < -0.3 is 5.32 Å². The monoisotopic (exact) mass is 259 g/mol. The second-order valence-corrected chi connectivity index (χ2v) is 5.25. The third kappa shape index (κ3) is 2.11. The van der Waals surface area contributed by atoms with Gasteiger partial charge in [0.15, 0.2) is 0 Å². The Morgan fingerprint density at radius 2 is 2.46 bits per heavy atom. The molecule has 1 aromatic rings. The lowest BCUT2D eigenvalue weighted by Gasteiger charge is -1.99. The van der Waals surface area contributed by atoms with Crippen LogP contribution in [0.15, 0.2) is 15.9 Å². The fourth-order valence-corrected chi connectivity index (χ4v) is 2.52. The molecule has 1 amide bonds. The van der Waals surface area contributed by atoms with Gasteiger partial charge in [-0.2, -0.15) is 0 Å². The first-order valence-corrected chi connectivity index (χ1v) is 5.89. The minimum atomic E-state index is 0.0602. The lowest BCUT2D eigenvalue weighted by atomic mass is 10.4. The van der Waals surface area contributed by atoms with Crippen molar-refractivity contribution in [2.45, 2.75) is 19.4 Å². The van der Waals surface area contributed by atoms with Crippen molar-refractivity contribution >= 4 is 33.2 Å². The van der Waals surface area contributed by atoms with Crippen LogP contribution < -0.4 is 5.32 Å². The molecule has 13 heavy (non-hydrogen) atoms. The zero-order valence-corrected chi connectivity index (χ0v) is 9.61. The summed E-state index contributed by atoms with van der Waals surface area (Å²) in [4.78, 5) is 12.3. The summed E-state index contributed by atoms with van der Waals surface area (Å²) in [5, 5.41) is 4.91. The summed E-state index contributed by atoms with van der Waals surface area (Å²) in [6, 6.07) is 2.26. The van der Waals surface area contributed by atoms with Crippen molar-refractivity contribution in [3.63, 3.8) is 0 Å². The van der Waals surface area contributed by atoms with Crippen LogP contribution in [0.5, 0.6) is 0 Å². The number of halogens is 1. The summed E-state index contributed by atoms with van der Waals surface area (Å²) in [6.45, 7) is 2.15. The number of hydrogen-bond acceptors (Lipinski definition) is 2. The van der Waals surface area contributed by atoms with E-state index in [0.29, 0.717) is 12.0 Å². The minimum Gasteiger partial charge on any atom is -0.348 e. The van der Waals surface area contributed by atoms with E-state index in [-0.39, 0.29) is 5.91 Å². The molecular formula is C9H10BrNOS. The molecule has 2 nitrogen and oxygen atoms in total. The lowest BCUT2D eigenvalue weighted by Crippen LogP contribution is -2.25. The predicted molar refractivity (Wildman–Crippen MR) is 57.1 cm³/mol. The van der Waals surface area contributed by atoms with Crippen molar-refractivity contribution in [2.24, 2.45) is 5.92 Å². The Bertz CT molecular complexity index is 336. The first-order chi connectivity index (χ1) is 6.16. The molecule has 2 rings (SSSR count). The van der Waals surface area contributed by atoms with Crippen LogP contribution in [0, 0.1) is 5.92 Å². The fourth-order valence-electron chi connectivity index (χ4n) is 1.19. The van der Waals surface area contributed by atoms with E-state index < -0.39 is 0 Å². The van der Waals surface area contributed by atoms with Crippen LogP contribution in [0.1, 0.15) is 23.0 Å². The highest BCUT2D eigenvalue weighted by atomic mass is 79.9. The Morgan fingerprint density at radius 1 is 1.77 bits per heavy atom. The average Bonchev–Trinajstić information content (AvgIpc) is 2.62. The van der Waals surface area contributed by atoms with Crippen LogP contribution >= 0.6 is 27.3 Å². The van der Waals surface area contributed by atoms with E-state index in [2.05, 4.69) is 28.2 Å². The summed E-state index contributed by atoms with van der Waals surface area (Å²) >= 11 is 4.79. The zero-order valence-electron chi connectivity index (χ0n) is 7.21.